The highest BCUT2D eigenvalue weighted by Gasteiger charge is 2.21. The van der Waals surface area contributed by atoms with Crippen molar-refractivity contribution in [3.05, 3.63) is 81.0 Å². The highest BCUT2D eigenvalue weighted by atomic mass is 35.5. The Balaban J connectivity index is 1.33. The van der Waals surface area contributed by atoms with Crippen molar-refractivity contribution in [3.63, 3.8) is 0 Å². The number of nitrogens with one attached hydrogen (secondary N) is 1. The van der Waals surface area contributed by atoms with E-state index in [-0.39, 0.29) is 11.6 Å². The molecule has 1 N–H and O–H groups in total. The van der Waals surface area contributed by atoms with E-state index in [0.29, 0.717) is 18.2 Å². The van der Waals surface area contributed by atoms with Gasteiger partial charge in [0, 0.05) is 48.8 Å². The number of amides is 1. The number of halogens is 1. The summed E-state index contributed by atoms with van der Waals surface area (Å²) in [6, 6.07) is 13.3. The Hall–Kier alpha value is -2.87. The third-order valence-electron chi connectivity index (χ3n) is 6.15. The van der Waals surface area contributed by atoms with Crippen LogP contribution in [0.1, 0.15) is 16.8 Å². The van der Waals surface area contributed by atoms with Crippen LogP contribution in [0.15, 0.2) is 53.5 Å². The molecule has 0 bridgehead atoms. The highest BCUT2D eigenvalue weighted by molar-refractivity contribution is 6.30. The molecule has 1 aliphatic heterocycles. The third-order valence-corrected chi connectivity index (χ3v) is 6.40. The van der Waals surface area contributed by atoms with E-state index in [1.165, 1.54) is 0 Å². The monoisotopic (exact) mass is 467 g/mol. The minimum Gasteiger partial charge on any atom is -0.324 e. The normalized spacial score (nSPS) is 15.0. The molecule has 0 saturated carbocycles. The second kappa shape index (κ2) is 9.95. The molecular weight excluding hydrogens is 438 g/mol. The standard InChI is InChI=1S/C25H30ClN5O2/c1-18-5-4-6-19(2)24(18)27-23(32)16-28-11-13-29(14-12-28)17-30-15-20(3)31(25(30)33)22-9-7-21(26)8-10-22/h4-10,15H,11-14,16-17H2,1-3H3,(H,27,32). The SMILES string of the molecule is Cc1cccc(C)c1NC(=O)CN1CCN(Cn2cc(C)n(-c3ccc(Cl)cc3)c2=O)CC1. The van der Waals surface area contributed by atoms with Gasteiger partial charge in [-0.3, -0.25) is 23.7 Å². The smallest absolute Gasteiger partial charge is 0.324 e. The van der Waals surface area contributed by atoms with Gasteiger partial charge in [0.05, 0.1) is 18.9 Å². The van der Waals surface area contributed by atoms with Gasteiger partial charge in [0.25, 0.3) is 0 Å². The Bertz CT molecular complexity index is 1170. The van der Waals surface area contributed by atoms with E-state index in [2.05, 4.69) is 15.1 Å². The molecule has 174 valence electrons. The molecule has 0 atom stereocenters. The topological polar surface area (TPSA) is 62.5 Å². The molecule has 1 amide bonds. The predicted molar refractivity (Wildman–Crippen MR) is 132 cm³/mol. The van der Waals surface area contributed by atoms with Crippen molar-refractivity contribution in [1.29, 1.82) is 0 Å². The third kappa shape index (κ3) is 5.38. The molecule has 0 radical (unpaired) electrons. The second-order valence-electron chi connectivity index (χ2n) is 8.69. The maximum absolute atomic E-state index is 13.0. The lowest BCUT2D eigenvalue weighted by molar-refractivity contribution is -0.117. The van der Waals surface area contributed by atoms with Gasteiger partial charge in [-0.05, 0) is 56.2 Å². The average Bonchev–Trinajstić information content (AvgIpc) is 3.06. The largest absolute Gasteiger partial charge is 0.334 e. The number of para-hydroxylation sites is 1. The van der Waals surface area contributed by atoms with Gasteiger partial charge < -0.3 is 5.32 Å². The maximum Gasteiger partial charge on any atom is 0.334 e. The molecule has 8 heteroatoms. The van der Waals surface area contributed by atoms with Gasteiger partial charge in [-0.15, -0.1) is 0 Å². The lowest BCUT2D eigenvalue weighted by Crippen LogP contribution is -2.49. The first-order valence-corrected chi connectivity index (χ1v) is 11.5. The number of nitrogens with zero attached hydrogens (tertiary/aromatic N) is 4. The molecule has 0 aliphatic carbocycles. The van der Waals surface area contributed by atoms with Crippen LogP contribution in [0.2, 0.25) is 5.02 Å². The summed E-state index contributed by atoms with van der Waals surface area (Å²) < 4.78 is 3.44. The van der Waals surface area contributed by atoms with Gasteiger partial charge in [-0.25, -0.2) is 4.79 Å². The first kappa shape index (κ1) is 23.3. The van der Waals surface area contributed by atoms with Gasteiger partial charge in [0.1, 0.15) is 0 Å². The first-order valence-electron chi connectivity index (χ1n) is 11.2. The predicted octanol–water partition coefficient (Wildman–Crippen LogP) is 3.43. The van der Waals surface area contributed by atoms with E-state index >= 15 is 0 Å². The zero-order chi connectivity index (χ0) is 23.5. The van der Waals surface area contributed by atoms with Crippen molar-refractivity contribution >= 4 is 23.2 Å². The summed E-state index contributed by atoms with van der Waals surface area (Å²) in [7, 11) is 0. The van der Waals surface area contributed by atoms with Gasteiger partial charge >= 0.3 is 5.69 Å². The molecule has 33 heavy (non-hydrogen) atoms. The van der Waals surface area contributed by atoms with E-state index in [0.717, 1.165) is 54.4 Å². The zero-order valence-electron chi connectivity index (χ0n) is 19.3. The van der Waals surface area contributed by atoms with E-state index in [9.17, 15) is 9.59 Å². The fraction of sp³-hybridized carbons (Fsp3) is 0.360. The molecular formula is C25H30ClN5O2. The molecule has 1 saturated heterocycles. The molecule has 0 spiro atoms. The number of aromatic nitrogens is 2. The highest BCUT2D eigenvalue weighted by Crippen LogP contribution is 2.19. The van der Waals surface area contributed by atoms with E-state index in [4.69, 9.17) is 11.6 Å². The number of aryl methyl sites for hydroxylation is 3. The fourth-order valence-corrected chi connectivity index (χ4v) is 4.45. The average molecular weight is 468 g/mol. The maximum atomic E-state index is 13.0. The Kier molecular flexibility index (Phi) is 7.02. The van der Waals surface area contributed by atoms with E-state index in [1.54, 1.807) is 21.3 Å². The molecule has 1 aromatic heterocycles. The molecule has 4 rings (SSSR count). The number of carbonyl (C=O) groups is 1. The molecule has 2 aromatic carbocycles. The zero-order valence-corrected chi connectivity index (χ0v) is 20.1. The van der Waals surface area contributed by atoms with E-state index in [1.807, 2.05) is 57.3 Å². The summed E-state index contributed by atoms with van der Waals surface area (Å²) in [5.74, 6) is 0.00716. The van der Waals surface area contributed by atoms with Crippen molar-refractivity contribution < 1.29 is 4.79 Å². The van der Waals surface area contributed by atoms with Crippen molar-refractivity contribution in [3.8, 4) is 5.69 Å². The molecule has 2 heterocycles. The first-order chi connectivity index (χ1) is 15.8. The number of benzene rings is 2. The number of hydrogen-bond donors (Lipinski definition) is 1. The Morgan fingerprint density at radius 2 is 1.55 bits per heavy atom. The number of rotatable bonds is 6. The number of piperazine rings is 1. The summed E-state index contributed by atoms with van der Waals surface area (Å²) in [5.41, 5.74) is 4.66. The van der Waals surface area contributed by atoms with Gasteiger partial charge in [-0.1, -0.05) is 29.8 Å². The van der Waals surface area contributed by atoms with Gasteiger partial charge in [0.15, 0.2) is 0 Å². The van der Waals surface area contributed by atoms with Crippen LogP contribution in [0, 0.1) is 20.8 Å². The number of imidazole rings is 1. The number of hydrogen-bond acceptors (Lipinski definition) is 4. The van der Waals surface area contributed by atoms with Crippen LogP contribution < -0.4 is 11.0 Å². The molecule has 3 aromatic rings. The minimum atomic E-state index is -0.0646. The minimum absolute atomic E-state index is 0.00716. The van der Waals surface area contributed by atoms with Crippen LogP contribution in [-0.4, -0.2) is 57.6 Å². The summed E-state index contributed by atoms with van der Waals surface area (Å²) in [6.45, 7) is 10.0. The van der Waals surface area contributed by atoms with Crippen LogP contribution in [0.25, 0.3) is 5.69 Å². The molecule has 1 aliphatic rings. The summed E-state index contributed by atoms with van der Waals surface area (Å²) in [5, 5.41) is 3.70. The number of carbonyl (C=O) groups excluding carboxylic acids is 1. The fourth-order valence-electron chi connectivity index (χ4n) is 4.32. The van der Waals surface area contributed by atoms with E-state index < -0.39 is 0 Å². The molecule has 0 unspecified atom stereocenters. The Labute approximate surface area is 199 Å². The van der Waals surface area contributed by atoms with Crippen LogP contribution in [-0.2, 0) is 11.5 Å². The lowest BCUT2D eigenvalue weighted by Gasteiger charge is -2.34. The van der Waals surface area contributed by atoms with Crippen LogP contribution >= 0.6 is 11.6 Å². The Morgan fingerprint density at radius 1 is 0.939 bits per heavy atom. The van der Waals surface area contributed by atoms with Crippen molar-refractivity contribution in [2.45, 2.75) is 27.4 Å². The van der Waals surface area contributed by atoms with Crippen molar-refractivity contribution in [1.82, 2.24) is 18.9 Å². The van der Waals surface area contributed by atoms with Crippen molar-refractivity contribution in [2.75, 3.05) is 38.0 Å². The summed E-state index contributed by atoms with van der Waals surface area (Å²) >= 11 is 5.98. The molecule has 1 fully saturated rings. The van der Waals surface area contributed by atoms with Crippen LogP contribution in [0.4, 0.5) is 5.69 Å². The summed E-state index contributed by atoms with van der Waals surface area (Å²) in [6.07, 6.45) is 1.89. The van der Waals surface area contributed by atoms with Crippen LogP contribution in [0.3, 0.4) is 0 Å². The van der Waals surface area contributed by atoms with Crippen LogP contribution in [0.5, 0.6) is 0 Å². The molecule has 7 nitrogen and oxygen atoms in total. The van der Waals surface area contributed by atoms with Gasteiger partial charge in [0.2, 0.25) is 5.91 Å². The quantitative estimate of drug-likeness (QED) is 0.603. The second-order valence-corrected chi connectivity index (χ2v) is 9.12. The van der Waals surface area contributed by atoms with Gasteiger partial charge in [-0.2, -0.15) is 0 Å². The van der Waals surface area contributed by atoms with Crippen molar-refractivity contribution in [2.24, 2.45) is 0 Å². The number of anilines is 1. The summed E-state index contributed by atoms with van der Waals surface area (Å²) in [4.78, 5) is 30.0. The lowest BCUT2D eigenvalue weighted by atomic mass is 10.1. The Morgan fingerprint density at radius 3 is 2.18 bits per heavy atom.